The van der Waals surface area contributed by atoms with E-state index in [1.165, 1.54) is 0 Å². The van der Waals surface area contributed by atoms with Crippen LogP contribution in [0.5, 0.6) is 0 Å². The third-order valence-corrected chi connectivity index (χ3v) is 3.03. The van der Waals surface area contributed by atoms with Crippen molar-refractivity contribution in [2.24, 2.45) is 0 Å². The maximum atomic E-state index is 11.9. The van der Waals surface area contributed by atoms with Crippen molar-refractivity contribution in [2.75, 3.05) is 5.73 Å². The summed E-state index contributed by atoms with van der Waals surface area (Å²) in [6.45, 7) is 5.32. The molecule has 2 heterocycles. The fraction of sp³-hybridized carbons (Fsp3) is 0.364. The van der Waals surface area contributed by atoms with Gasteiger partial charge in [0.25, 0.3) is 5.56 Å². The van der Waals surface area contributed by atoms with E-state index >= 15 is 0 Å². The van der Waals surface area contributed by atoms with Gasteiger partial charge >= 0.3 is 5.97 Å². The molecule has 0 fully saturated rings. The summed E-state index contributed by atoms with van der Waals surface area (Å²) in [7, 11) is 0. The molecule has 2 rings (SSSR count). The molecule has 0 bridgehead atoms. The van der Waals surface area contributed by atoms with Gasteiger partial charge in [0.05, 0.1) is 5.56 Å². The smallest absolute Gasteiger partial charge is 0.341 e. The predicted molar refractivity (Wildman–Crippen MR) is 69.8 cm³/mol. The SMILES string of the molecule is CC(C)(C)OC(=O)c1csc2c(=O)[nH]c(N)nc12. The number of ether oxygens (including phenoxy) is 1. The molecule has 0 amide bonds. The molecule has 0 atom stereocenters. The number of nitrogens with one attached hydrogen (secondary N) is 1. The average Bonchev–Trinajstić information content (AvgIpc) is 2.58. The minimum absolute atomic E-state index is 0.0179. The fourth-order valence-corrected chi connectivity index (χ4v) is 2.29. The Morgan fingerprint density at radius 1 is 1.50 bits per heavy atom. The van der Waals surface area contributed by atoms with Crippen LogP contribution in [0, 0.1) is 0 Å². The van der Waals surface area contributed by atoms with Crippen LogP contribution in [-0.2, 0) is 4.74 Å². The lowest BCUT2D eigenvalue weighted by Gasteiger charge is -2.18. The van der Waals surface area contributed by atoms with E-state index in [9.17, 15) is 9.59 Å². The zero-order chi connectivity index (χ0) is 13.5. The minimum Gasteiger partial charge on any atom is -0.456 e. The van der Waals surface area contributed by atoms with Crippen LogP contribution >= 0.6 is 11.3 Å². The number of fused-ring (bicyclic) bond motifs is 1. The number of rotatable bonds is 1. The van der Waals surface area contributed by atoms with Gasteiger partial charge in [0.15, 0.2) is 0 Å². The molecule has 0 aliphatic carbocycles. The van der Waals surface area contributed by atoms with Gasteiger partial charge in [-0.3, -0.25) is 9.78 Å². The van der Waals surface area contributed by atoms with Crippen molar-refractivity contribution in [3.05, 3.63) is 21.3 Å². The molecule has 0 unspecified atom stereocenters. The number of carbonyl (C=O) groups excluding carboxylic acids is 1. The van der Waals surface area contributed by atoms with E-state index in [1.54, 1.807) is 26.2 Å². The van der Waals surface area contributed by atoms with Crippen LogP contribution in [0.15, 0.2) is 10.2 Å². The third kappa shape index (κ3) is 2.35. The molecule has 0 aliphatic heterocycles. The first-order valence-corrected chi connectivity index (χ1v) is 6.16. The molecular formula is C11H13N3O3S. The highest BCUT2D eigenvalue weighted by Gasteiger charge is 2.22. The zero-order valence-corrected chi connectivity index (χ0v) is 11.1. The normalized spacial score (nSPS) is 11.7. The van der Waals surface area contributed by atoms with Gasteiger partial charge < -0.3 is 10.5 Å². The standard InChI is InChI=1S/C11H13N3O3S/c1-11(2,3)17-9(16)5-4-18-7-6(5)13-10(12)14-8(7)15/h4H,1-3H3,(H3,12,13,14,15). The largest absolute Gasteiger partial charge is 0.456 e. The van der Waals surface area contributed by atoms with Crippen molar-refractivity contribution in [1.29, 1.82) is 0 Å². The predicted octanol–water partition coefficient (Wildman–Crippen LogP) is 1.52. The Bertz CT molecular complexity index is 666. The molecule has 2 aromatic heterocycles. The van der Waals surface area contributed by atoms with E-state index in [-0.39, 0.29) is 22.6 Å². The van der Waals surface area contributed by atoms with E-state index in [4.69, 9.17) is 10.5 Å². The second kappa shape index (κ2) is 4.09. The Kier molecular flexibility index (Phi) is 2.86. The summed E-state index contributed by atoms with van der Waals surface area (Å²) in [5.74, 6) is -0.526. The summed E-state index contributed by atoms with van der Waals surface area (Å²) >= 11 is 1.14. The van der Waals surface area contributed by atoms with Crippen LogP contribution < -0.4 is 11.3 Å². The quantitative estimate of drug-likeness (QED) is 0.763. The number of nitrogens with two attached hydrogens (primary N) is 1. The number of hydrogen-bond donors (Lipinski definition) is 2. The average molecular weight is 267 g/mol. The molecule has 6 nitrogen and oxygen atoms in total. The molecule has 96 valence electrons. The minimum atomic E-state index is -0.599. The van der Waals surface area contributed by atoms with Gasteiger partial charge in [-0.1, -0.05) is 0 Å². The number of aromatic amines is 1. The highest BCUT2D eigenvalue weighted by atomic mass is 32.1. The van der Waals surface area contributed by atoms with Gasteiger partial charge in [0, 0.05) is 5.38 Å². The molecule has 0 saturated carbocycles. The lowest BCUT2D eigenvalue weighted by atomic mass is 10.2. The maximum absolute atomic E-state index is 11.9. The molecule has 3 N–H and O–H groups in total. The van der Waals surface area contributed by atoms with Crippen molar-refractivity contribution >= 4 is 33.5 Å². The monoisotopic (exact) mass is 267 g/mol. The Morgan fingerprint density at radius 3 is 2.78 bits per heavy atom. The van der Waals surface area contributed by atoms with Crippen molar-refractivity contribution in [3.63, 3.8) is 0 Å². The van der Waals surface area contributed by atoms with Gasteiger partial charge in [-0.25, -0.2) is 9.78 Å². The van der Waals surface area contributed by atoms with Gasteiger partial charge in [0.2, 0.25) is 5.95 Å². The van der Waals surface area contributed by atoms with Gasteiger partial charge in [-0.2, -0.15) is 0 Å². The first-order chi connectivity index (χ1) is 8.28. The van der Waals surface area contributed by atoms with Crippen LogP contribution in [0.2, 0.25) is 0 Å². The molecule has 2 aromatic rings. The van der Waals surface area contributed by atoms with Crippen molar-refractivity contribution in [3.8, 4) is 0 Å². The number of nitrogens with zero attached hydrogens (tertiary/aromatic N) is 1. The van der Waals surface area contributed by atoms with Crippen LogP contribution in [0.1, 0.15) is 31.1 Å². The van der Waals surface area contributed by atoms with E-state index in [1.807, 2.05) is 0 Å². The second-order valence-electron chi connectivity index (χ2n) is 4.78. The molecule has 18 heavy (non-hydrogen) atoms. The van der Waals surface area contributed by atoms with E-state index in [0.29, 0.717) is 4.70 Å². The molecule has 0 radical (unpaired) electrons. The highest BCUT2D eigenvalue weighted by molar-refractivity contribution is 7.17. The molecule has 0 aromatic carbocycles. The summed E-state index contributed by atoms with van der Waals surface area (Å²) in [4.78, 5) is 29.9. The third-order valence-electron chi connectivity index (χ3n) is 2.06. The van der Waals surface area contributed by atoms with Gasteiger partial charge in [0.1, 0.15) is 15.8 Å². The molecule has 0 spiro atoms. The van der Waals surface area contributed by atoms with Crippen molar-refractivity contribution in [1.82, 2.24) is 9.97 Å². The Hall–Kier alpha value is -1.89. The Labute approximate surface area is 107 Å². The second-order valence-corrected chi connectivity index (χ2v) is 5.66. The topological polar surface area (TPSA) is 98.1 Å². The number of hydrogen-bond acceptors (Lipinski definition) is 6. The first-order valence-electron chi connectivity index (χ1n) is 5.28. The van der Waals surface area contributed by atoms with Crippen LogP contribution in [0.3, 0.4) is 0 Å². The summed E-state index contributed by atoms with van der Waals surface area (Å²) in [6, 6.07) is 0. The van der Waals surface area contributed by atoms with Crippen LogP contribution in [0.25, 0.3) is 10.2 Å². The Balaban J connectivity index is 2.53. The Morgan fingerprint density at radius 2 is 2.17 bits per heavy atom. The van der Waals surface area contributed by atoms with Crippen LogP contribution in [-0.4, -0.2) is 21.5 Å². The zero-order valence-electron chi connectivity index (χ0n) is 10.2. The molecule has 7 heteroatoms. The number of nitrogen functional groups attached to an aromatic ring is 1. The van der Waals surface area contributed by atoms with E-state index in [0.717, 1.165) is 11.3 Å². The lowest BCUT2D eigenvalue weighted by Crippen LogP contribution is -2.24. The van der Waals surface area contributed by atoms with Crippen molar-refractivity contribution < 1.29 is 9.53 Å². The fourth-order valence-electron chi connectivity index (χ4n) is 1.42. The molecule has 0 aliphatic rings. The first kappa shape index (κ1) is 12.6. The highest BCUT2D eigenvalue weighted by Crippen LogP contribution is 2.23. The number of thiophene rings is 1. The summed E-state index contributed by atoms with van der Waals surface area (Å²) < 4.78 is 5.61. The van der Waals surface area contributed by atoms with Crippen molar-refractivity contribution in [2.45, 2.75) is 26.4 Å². The molecule has 0 saturated heterocycles. The number of H-pyrrole nitrogens is 1. The molecular weight excluding hydrogens is 254 g/mol. The summed E-state index contributed by atoms with van der Waals surface area (Å²) in [5, 5.41) is 1.56. The lowest BCUT2D eigenvalue weighted by molar-refractivity contribution is 0.00722. The summed E-state index contributed by atoms with van der Waals surface area (Å²) in [5.41, 5.74) is 5.07. The van der Waals surface area contributed by atoms with Gasteiger partial charge in [-0.05, 0) is 20.8 Å². The maximum Gasteiger partial charge on any atom is 0.341 e. The number of carbonyl (C=O) groups is 1. The van der Waals surface area contributed by atoms with E-state index < -0.39 is 11.6 Å². The summed E-state index contributed by atoms with van der Waals surface area (Å²) in [6.07, 6.45) is 0. The number of esters is 1. The van der Waals surface area contributed by atoms with Crippen LogP contribution in [0.4, 0.5) is 5.95 Å². The number of anilines is 1. The number of aromatic nitrogens is 2. The van der Waals surface area contributed by atoms with E-state index in [2.05, 4.69) is 9.97 Å². The van der Waals surface area contributed by atoms with Gasteiger partial charge in [-0.15, -0.1) is 11.3 Å².